The smallest absolute Gasteiger partial charge is 0.242 e. The molecule has 0 radical (unpaired) electrons. The van der Waals surface area contributed by atoms with Crippen LogP contribution in [0, 0.1) is 5.92 Å². The van der Waals surface area contributed by atoms with Crippen LogP contribution in [0.1, 0.15) is 50.3 Å². The van der Waals surface area contributed by atoms with Crippen molar-refractivity contribution < 1.29 is 19.1 Å². The number of amides is 3. The van der Waals surface area contributed by atoms with Gasteiger partial charge < -0.3 is 19.9 Å². The molecule has 1 heterocycles. The van der Waals surface area contributed by atoms with Gasteiger partial charge in [0.05, 0.1) is 25.6 Å². The van der Waals surface area contributed by atoms with E-state index in [0.29, 0.717) is 19.6 Å². The first-order valence-corrected chi connectivity index (χ1v) is 12.0. The minimum Gasteiger partial charge on any atom is -0.497 e. The van der Waals surface area contributed by atoms with Crippen LogP contribution in [0.25, 0.3) is 0 Å². The van der Waals surface area contributed by atoms with Crippen molar-refractivity contribution in [2.75, 3.05) is 26.7 Å². The lowest BCUT2D eigenvalue weighted by Gasteiger charge is -2.28. The van der Waals surface area contributed by atoms with E-state index in [-0.39, 0.29) is 36.7 Å². The Morgan fingerprint density at radius 3 is 2.41 bits per heavy atom. The number of unbranched alkanes of at least 4 members (excludes halogenated alkanes) is 1. The van der Waals surface area contributed by atoms with Crippen molar-refractivity contribution in [2.24, 2.45) is 5.92 Å². The predicted molar refractivity (Wildman–Crippen MR) is 131 cm³/mol. The largest absolute Gasteiger partial charge is 0.497 e. The van der Waals surface area contributed by atoms with E-state index in [1.165, 1.54) is 0 Å². The van der Waals surface area contributed by atoms with E-state index < -0.39 is 5.92 Å². The SMILES string of the molecule is CCCCN1C(=O)CC(C(=O)NCC(=O)N(CC)Cc2ccccc2)C1c1ccc(OC)cc1. The molecule has 7 nitrogen and oxygen atoms in total. The monoisotopic (exact) mass is 465 g/mol. The van der Waals surface area contributed by atoms with Crippen molar-refractivity contribution in [1.82, 2.24) is 15.1 Å². The molecule has 1 fully saturated rings. The van der Waals surface area contributed by atoms with Crippen LogP contribution in [-0.2, 0) is 20.9 Å². The average molecular weight is 466 g/mol. The Kier molecular flexibility index (Phi) is 9.08. The zero-order chi connectivity index (χ0) is 24.5. The number of carbonyl (C=O) groups excluding carboxylic acids is 3. The van der Waals surface area contributed by atoms with E-state index in [1.54, 1.807) is 12.0 Å². The number of hydrogen-bond donors (Lipinski definition) is 1. The van der Waals surface area contributed by atoms with Crippen molar-refractivity contribution in [1.29, 1.82) is 0 Å². The molecule has 34 heavy (non-hydrogen) atoms. The highest BCUT2D eigenvalue weighted by Gasteiger charge is 2.44. The topological polar surface area (TPSA) is 79.0 Å². The van der Waals surface area contributed by atoms with Crippen LogP contribution in [0.5, 0.6) is 5.75 Å². The van der Waals surface area contributed by atoms with E-state index in [2.05, 4.69) is 12.2 Å². The number of hydrogen-bond acceptors (Lipinski definition) is 4. The van der Waals surface area contributed by atoms with Crippen molar-refractivity contribution >= 4 is 17.7 Å². The summed E-state index contributed by atoms with van der Waals surface area (Å²) in [5.74, 6) is -0.266. The number of likely N-dealkylation sites (tertiary alicyclic amines) is 1. The molecule has 0 aliphatic carbocycles. The number of ether oxygens (including phenoxy) is 1. The molecule has 0 bridgehead atoms. The molecule has 1 saturated heterocycles. The van der Waals surface area contributed by atoms with Crippen molar-refractivity contribution in [3.63, 3.8) is 0 Å². The molecule has 1 aliphatic rings. The summed E-state index contributed by atoms with van der Waals surface area (Å²) >= 11 is 0. The second-order valence-electron chi connectivity index (χ2n) is 8.58. The van der Waals surface area contributed by atoms with Crippen molar-refractivity contribution in [3.8, 4) is 5.75 Å². The average Bonchev–Trinajstić information content (AvgIpc) is 3.20. The summed E-state index contributed by atoms with van der Waals surface area (Å²) in [6.45, 7) is 5.55. The number of methoxy groups -OCH3 is 1. The second kappa shape index (κ2) is 12.2. The van der Waals surface area contributed by atoms with Gasteiger partial charge in [-0.3, -0.25) is 14.4 Å². The second-order valence-corrected chi connectivity index (χ2v) is 8.58. The first kappa shape index (κ1) is 25.3. The van der Waals surface area contributed by atoms with E-state index in [9.17, 15) is 14.4 Å². The van der Waals surface area contributed by atoms with Crippen molar-refractivity contribution in [3.05, 3.63) is 65.7 Å². The Hall–Kier alpha value is -3.35. The zero-order valence-electron chi connectivity index (χ0n) is 20.3. The zero-order valence-corrected chi connectivity index (χ0v) is 20.3. The third kappa shape index (κ3) is 6.16. The van der Waals surface area contributed by atoms with Crippen molar-refractivity contribution in [2.45, 2.75) is 45.7 Å². The number of carbonyl (C=O) groups is 3. The van der Waals surface area contributed by atoms with E-state index in [4.69, 9.17) is 4.74 Å². The molecule has 0 aromatic heterocycles. The van der Waals surface area contributed by atoms with Crippen LogP contribution in [0.2, 0.25) is 0 Å². The molecule has 7 heteroatoms. The van der Waals surface area contributed by atoms with Crippen LogP contribution in [0.3, 0.4) is 0 Å². The minimum absolute atomic E-state index is 0.0278. The summed E-state index contributed by atoms with van der Waals surface area (Å²) in [6.07, 6.45) is 1.97. The van der Waals surface area contributed by atoms with Gasteiger partial charge in [-0.25, -0.2) is 0 Å². The Balaban J connectivity index is 1.70. The van der Waals surface area contributed by atoms with Gasteiger partial charge in [0.2, 0.25) is 17.7 Å². The summed E-state index contributed by atoms with van der Waals surface area (Å²) in [7, 11) is 1.60. The van der Waals surface area contributed by atoms with Gasteiger partial charge in [-0.1, -0.05) is 55.8 Å². The number of benzene rings is 2. The quantitative estimate of drug-likeness (QED) is 0.551. The number of nitrogens with one attached hydrogen (secondary N) is 1. The first-order chi connectivity index (χ1) is 16.5. The van der Waals surface area contributed by atoms with Gasteiger partial charge in [0, 0.05) is 26.1 Å². The minimum atomic E-state index is -0.547. The van der Waals surface area contributed by atoms with Crippen LogP contribution >= 0.6 is 0 Å². The maximum atomic E-state index is 13.2. The highest BCUT2D eigenvalue weighted by atomic mass is 16.5. The van der Waals surface area contributed by atoms with E-state index in [1.807, 2.05) is 66.4 Å². The molecule has 2 atom stereocenters. The summed E-state index contributed by atoms with van der Waals surface area (Å²) in [6, 6.07) is 16.9. The van der Waals surface area contributed by atoms with Crippen LogP contribution < -0.4 is 10.1 Å². The van der Waals surface area contributed by atoms with E-state index >= 15 is 0 Å². The molecule has 1 N–H and O–H groups in total. The molecule has 0 spiro atoms. The highest BCUT2D eigenvalue weighted by molar-refractivity contribution is 5.92. The van der Waals surface area contributed by atoms with Crippen LogP contribution in [0.4, 0.5) is 0 Å². The van der Waals surface area contributed by atoms with Crippen LogP contribution in [-0.4, -0.2) is 54.3 Å². The number of nitrogens with zero attached hydrogens (tertiary/aromatic N) is 2. The first-order valence-electron chi connectivity index (χ1n) is 12.0. The molecule has 3 amide bonds. The Morgan fingerprint density at radius 1 is 1.09 bits per heavy atom. The third-order valence-electron chi connectivity index (χ3n) is 6.34. The summed E-state index contributed by atoms with van der Waals surface area (Å²) < 4.78 is 5.26. The lowest BCUT2D eigenvalue weighted by Crippen LogP contribution is -2.42. The number of rotatable bonds is 11. The molecule has 3 rings (SSSR count). The lowest BCUT2D eigenvalue weighted by molar-refractivity contribution is -0.134. The Morgan fingerprint density at radius 2 is 1.79 bits per heavy atom. The standard InChI is InChI=1S/C27H35N3O4/c1-4-6-16-30-24(31)17-23(26(30)21-12-14-22(34-3)15-13-21)27(33)28-18-25(32)29(5-2)19-20-10-8-7-9-11-20/h7-15,23,26H,4-6,16-19H2,1-3H3,(H,28,33). The summed E-state index contributed by atoms with van der Waals surface area (Å²) in [5.41, 5.74) is 1.94. The molecule has 2 unspecified atom stereocenters. The molecule has 182 valence electrons. The maximum absolute atomic E-state index is 13.2. The van der Waals surface area contributed by atoms with Gasteiger partial charge in [0.15, 0.2) is 0 Å². The number of likely N-dealkylation sites (N-methyl/N-ethyl adjacent to an activating group) is 1. The predicted octanol–water partition coefficient (Wildman–Crippen LogP) is 3.55. The fourth-order valence-corrected chi connectivity index (χ4v) is 4.42. The summed E-state index contributed by atoms with van der Waals surface area (Å²) in [4.78, 5) is 42.4. The Labute approximate surface area is 202 Å². The fraction of sp³-hybridized carbons (Fsp3) is 0.444. The molecule has 1 aliphatic heterocycles. The molecular weight excluding hydrogens is 430 g/mol. The fourth-order valence-electron chi connectivity index (χ4n) is 4.42. The highest BCUT2D eigenvalue weighted by Crippen LogP contribution is 2.39. The Bertz CT molecular complexity index is 962. The van der Waals surface area contributed by atoms with Gasteiger partial charge >= 0.3 is 0 Å². The van der Waals surface area contributed by atoms with Crippen LogP contribution in [0.15, 0.2) is 54.6 Å². The normalized spacial score (nSPS) is 17.5. The molecule has 0 saturated carbocycles. The summed E-state index contributed by atoms with van der Waals surface area (Å²) in [5, 5.41) is 2.81. The van der Waals surface area contributed by atoms with Gasteiger partial charge in [-0.2, -0.15) is 0 Å². The molecule has 2 aromatic rings. The third-order valence-corrected chi connectivity index (χ3v) is 6.34. The van der Waals surface area contributed by atoms with Gasteiger partial charge in [0.25, 0.3) is 0 Å². The molecule has 2 aromatic carbocycles. The van der Waals surface area contributed by atoms with Gasteiger partial charge in [0.1, 0.15) is 5.75 Å². The van der Waals surface area contributed by atoms with Gasteiger partial charge in [-0.15, -0.1) is 0 Å². The van der Waals surface area contributed by atoms with Gasteiger partial charge in [-0.05, 0) is 36.6 Å². The van der Waals surface area contributed by atoms with E-state index in [0.717, 1.165) is 29.7 Å². The molecular formula is C27H35N3O4. The lowest BCUT2D eigenvalue weighted by atomic mass is 9.92. The maximum Gasteiger partial charge on any atom is 0.242 e.